The molecule has 2 aromatic rings. The van der Waals surface area contributed by atoms with Crippen LogP contribution in [0.2, 0.25) is 0 Å². The molecule has 1 nitrogen and oxygen atoms in total. The van der Waals surface area contributed by atoms with Crippen LogP contribution in [0.15, 0.2) is 42.7 Å². The Kier molecular flexibility index (Phi) is 2.27. The van der Waals surface area contributed by atoms with E-state index in [0.29, 0.717) is 5.56 Å². The number of benzene rings is 1. The topological polar surface area (TPSA) is 12.9 Å². The minimum Gasteiger partial charge on any atom is -0.261 e. The van der Waals surface area contributed by atoms with Gasteiger partial charge in [-0.15, -0.1) is 0 Å². The molecule has 14 heavy (non-hydrogen) atoms. The average Bonchev–Trinajstić information content (AvgIpc) is 2.23. The van der Waals surface area contributed by atoms with Crippen molar-refractivity contribution in [1.29, 1.82) is 0 Å². The first-order chi connectivity index (χ1) is 6.79. The molecule has 0 aliphatic heterocycles. The van der Waals surface area contributed by atoms with Gasteiger partial charge in [-0.3, -0.25) is 4.98 Å². The van der Waals surface area contributed by atoms with E-state index in [1.807, 2.05) is 30.3 Å². The molecule has 0 saturated carbocycles. The monoisotopic (exact) mass is 187 g/mol. The molecule has 0 radical (unpaired) electrons. The molecule has 0 aliphatic carbocycles. The number of aromatic nitrogens is 1. The maximum atomic E-state index is 13.2. The van der Waals surface area contributed by atoms with Crippen molar-refractivity contribution >= 4 is 0 Å². The summed E-state index contributed by atoms with van der Waals surface area (Å²) < 4.78 is 13.2. The van der Waals surface area contributed by atoms with E-state index in [1.165, 1.54) is 6.20 Å². The average molecular weight is 187 g/mol. The van der Waals surface area contributed by atoms with Gasteiger partial charge in [0.1, 0.15) is 5.82 Å². The molecule has 0 unspecified atom stereocenters. The molecule has 0 atom stereocenters. The molecule has 1 heterocycles. The highest BCUT2D eigenvalue weighted by Gasteiger charge is 2.05. The number of rotatable bonds is 1. The molecule has 2 heteroatoms. The van der Waals surface area contributed by atoms with Crippen LogP contribution in [0, 0.1) is 12.7 Å². The summed E-state index contributed by atoms with van der Waals surface area (Å²) in [6, 6.07) is 9.69. The Bertz CT molecular complexity index is 437. The Morgan fingerprint density at radius 3 is 2.50 bits per heavy atom. The summed E-state index contributed by atoms with van der Waals surface area (Å²) >= 11 is 0. The second kappa shape index (κ2) is 3.58. The maximum absolute atomic E-state index is 13.2. The molecule has 0 N–H and O–H groups in total. The Balaban J connectivity index is 2.58. The van der Waals surface area contributed by atoms with Crippen LogP contribution in [0.4, 0.5) is 4.39 Å². The van der Waals surface area contributed by atoms with E-state index in [1.54, 1.807) is 13.1 Å². The van der Waals surface area contributed by atoms with Gasteiger partial charge >= 0.3 is 0 Å². The lowest BCUT2D eigenvalue weighted by atomic mass is 10.0. The lowest BCUT2D eigenvalue weighted by Gasteiger charge is -2.05. The summed E-state index contributed by atoms with van der Waals surface area (Å²) in [5.74, 6) is -0.258. The van der Waals surface area contributed by atoms with E-state index >= 15 is 0 Å². The molecule has 0 bridgehead atoms. The SMILES string of the molecule is Cc1c(F)cncc1-c1ccccc1. The molecular formula is C12H10FN. The van der Waals surface area contributed by atoms with Crippen molar-refractivity contribution in [3.05, 3.63) is 54.1 Å². The van der Waals surface area contributed by atoms with Gasteiger partial charge < -0.3 is 0 Å². The summed E-state index contributed by atoms with van der Waals surface area (Å²) in [5, 5.41) is 0. The third-order valence-corrected chi connectivity index (χ3v) is 2.24. The summed E-state index contributed by atoms with van der Waals surface area (Å²) in [6.07, 6.45) is 2.93. The van der Waals surface area contributed by atoms with Gasteiger partial charge in [0.25, 0.3) is 0 Å². The van der Waals surface area contributed by atoms with Crippen LogP contribution >= 0.6 is 0 Å². The van der Waals surface area contributed by atoms with E-state index < -0.39 is 0 Å². The standard InChI is InChI=1S/C12H10FN/c1-9-11(7-14-8-12(9)13)10-5-3-2-4-6-10/h2-8H,1H3. The third-order valence-electron chi connectivity index (χ3n) is 2.24. The van der Waals surface area contributed by atoms with Crippen molar-refractivity contribution in [3.63, 3.8) is 0 Å². The first-order valence-corrected chi connectivity index (χ1v) is 4.44. The number of nitrogens with zero attached hydrogens (tertiary/aromatic N) is 1. The highest BCUT2D eigenvalue weighted by Crippen LogP contribution is 2.23. The van der Waals surface area contributed by atoms with E-state index in [4.69, 9.17) is 0 Å². The lowest BCUT2D eigenvalue weighted by Crippen LogP contribution is -1.89. The zero-order chi connectivity index (χ0) is 9.97. The smallest absolute Gasteiger partial charge is 0.145 e. The van der Waals surface area contributed by atoms with Crippen LogP contribution in [0.5, 0.6) is 0 Å². The van der Waals surface area contributed by atoms with E-state index in [0.717, 1.165) is 11.1 Å². The second-order valence-corrected chi connectivity index (χ2v) is 3.16. The zero-order valence-corrected chi connectivity index (χ0v) is 7.87. The number of halogens is 1. The Morgan fingerprint density at radius 2 is 1.79 bits per heavy atom. The molecule has 0 aliphatic rings. The van der Waals surface area contributed by atoms with Crippen LogP contribution in [0.25, 0.3) is 11.1 Å². The number of pyridine rings is 1. The molecule has 70 valence electrons. The largest absolute Gasteiger partial charge is 0.261 e. The van der Waals surface area contributed by atoms with E-state index in [9.17, 15) is 4.39 Å². The number of hydrogen-bond acceptors (Lipinski definition) is 1. The maximum Gasteiger partial charge on any atom is 0.145 e. The van der Waals surface area contributed by atoms with Crippen LogP contribution in [0.1, 0.15) is 5.56 Å². The Labute approximate surface area is 82.2 Å². The van der Waals surface area contributed by atoms with Crippen molar-refractivity contribution in [2.24, 2.45) is 0 Å². The van der Waals surface area contributed by atoms with Crippen LogP contribution in [-0.4, -0.2) is 4.98 Å². The highest BCUT2D eigenvalue weighted by atomic mass is 19.1. The Morgan fingerprint density at radius 1 is 1.07 bits per heavy atom. The third kappa shape index (κ3) is 1.51. The van der Waals surface area contributed by atoms with Gasteiger partial charge in [-0.2, -0.15) is 0 Å². The lowest BCUT2D eigenvalue weighted by molar-refractivity contribution is 0.613. The molecule has 0 fully saturated rings. The summed E-state index contributed by atoms with van der Waals surface area (Å²) in [6.45, 7) is 1.76. The summed E-state index contributed by atoms with van der Waals surface area (Å²) in [5.41, 5.74) is 2.49. The van der Waals surface area contributed by atoms with Crippen molar-refractivity contribution in [2.45, 2.75) is 6.92 Å². The molecule has 0 saturated heterocycles. The molecule has 1 aromatic heterocycles. The van der Waals surface area contributed by atoms with Crippen molar-refractivity contribution in [3.8, 4) is 11.1 Å². The van der Waals surface area contributed by atoms with Gasteiger partial charge in [0, 0.05) is 11.8 Å². The molecule has 0 spiro atoms. The van der Waals surface area contributed by atoms with Crippen molar-refractivity contribution in [2.75, 3.05) is 0 Å². The highest BCUT2D eigenvalue weighted by molar-refractivity contribution is 5.65. The van der Waals surface area contributed by atoms with Crippen LogP contribution in [-0.2, 0) is 0 Å². The van der Waals surface area contributed by atoms with Gasteiger partial charge in [-0.1, -0.05) is 30.3 Å². The molecule has 1 aromatic carbocycles. The van der Waals surface area contributed by atoms with Gasteiger partial charge in [0.2, 0.25) is 0 Å². The van der Waals surface area contributed by atoms with Crippen LogP contribution < -0.4 is 0 Å². The molecule has 2 rings (SSSR count). The second-order valence-electron chi connectivity index (χ2n) is 3.16. The first-order valence-electron chi connectivity index (χ1n) is 4.44. The minimum atomic E-state index is -0.258. The zero-order valence-electron chi connectivity index (χ0n) is 7.87. The predicted octanol–water partition coefficient (Wildman–Crippen LogP) is 3.20. The van der Waals surface area contributed by atoms with E-state index in [2.05, 4.69) is 4.98 Å². The normalized spacial score (nSPS) is 10.1. The van der Waals surface area contributed by atoms with Crippen LogP contribution in [0.3, 0.4) is 0 Å². The minimum absolute atomic E-state index is 0.258. The van der Waals surface area contributed by atoms with Gasteiger partial charge in [-0.25, -0.2) is 4.39 Å². The first kappa shape index (κ1) is 8.88. The van der Waals surface area contributed by atoms with E-state index in [-0.39, 0.29) is 5.82 Å². The van der Waals surface area contributed by atoms with Crippen molar-refractivity contribution < 1.29 is 4.39 Å². The fourth-order valence-corrected chi connectivity index (χ4v) is 1.41. The van der Waals surface area contributed by atoms with Gasteiger partial charge in [-0.05, 0) is 18.1 Å². The Hall–Kier alpha value is -1.70. The summed E-state index contributed by atoms with van der Waals surface area (Å²) in [4.78, 5) is 3.85. The number of hydrogen-bond donors (Lipinski definition) is 0. The molecular weight excluding hydrogens is 177 g/mol. The predicted molar refractivity (Wildman–Crippen MR) is 54.4 cm³/mol. The summed E-state index contributed by atoms with van der Waals surface area (Å²) in [7, 11) is 0. The fourth-order valence-electron chi connectivity index (χ4n) is 1.41. The van der Waals surface area contributed by atoms with Crippen molar-refractivity contribution in [1.82, 2.24) is 4.98 Å². The van der Waals surface area contributed by atoms with Gasteiger partial charge in [0.15, 0.2) is 0 Å². The van der Waals surface area contributed by atoms with Gasteiger partial charge in [0.05, 0.1) is 6.20 Å². The fraction of sp³-hybridized carbons (Fsp3) is 0.0833. The quantitative estimate of drug-likeness (QED) is 0.668. The molecule has 0 amide bonds.